The standard InChI is InChI=1S/C22H21N5O5/c1-31-14-8-6-12(7-9-14)24-22-26-19-18(21(30)27-22)16(11-17(28)25-19)20(29)23-13-4-3-5-15(10-13)32-2/h3-10,16H,11H2,1-2H3,(H,23,29)(H3,24,25,26,27,28,30). The molecule has 0 saturated carbocycles. The van der Waals surface area contributed by atoms with Crippen LogP contribution >= 0.6 is 0 Å². The van der Waals surface area contributed by atoms with Crippen molar-refractivity contribution in [1.29, 1.82) is 0 Å². The first-order valence-corrected chi connectivity index (χ1v) is 9.77. The molecule has 2 aromatic carbocycles. The Kier molecular flexibility index (Phi) is 5.75. The third-order valence-electron chi connectivity index (χ3n) is 4.96. The van der Waals surface area contributed by atoms with Crippen LogP contribution in [-0.2, 0) is 9.59 Å². The lowest BCUT2D eigenvalue weighted by molar-refractivity contribution is -0.123. The Balaban J connectivity index is 1.60. The van der Waals surface area contributed by atoms with Crippen molar-refractivity contribution in [3.05, 3.63) is 64.4 Å². The third kappa shape index (κ3) is 4.38. The zero-order chi connectivity index (χ0) is 22.7. The van der Waals surface area contributed by atoms with Gasteiger partial charge in [-0.15, -0.1) is 0 Å². The summed E-state index contributed by atoms with van der Waals surface area (Å²) in [5, 5.41) is 8.28. The average molecular weight is 435 g/mol. The lowest BCUT2D eigenvalue weighted by atomic mass is 9.92. The molecule has 4 N–H and O–H groups in total. The minimum atomic E-state index is -0.990. The van der Waals surface area contributed by atoms with Crippen molar-refractivity contribution in [2.24, 2.45) is 0 Å². The molecule has 0 aliphatic carbocycles. The summed E-state index contributed by atoms with van der Waals surface area (Å²) >= 11 is 0. The number of H-pyrrole nitrogens is 1. The van der Waals surface area contributed by atoms with Gasteiger partial charge in [0.15, 0.2) is 0 Å². The van der Waals surface area contributed by atoms with Crippen molar-refractivity contribution >= 4 is 35.0 Å². The number of aromatic nitrogens is 2. The minimum Gasteiger partial charge on any atom is -0.497 e. The summed E-state index contributed by atoms with van der Waals surface area (Å²) in [6, 6.07) is 13.8. The lowest BCUT2D eigenvalue weighted by Crippen LogP contribution is -2.36. The number of benzene rings is 2. The fourth-order valence-electron chi connectivity index (χ4n) is 3.40. The Labute approximate surface area is 183 Å². The number of ether oxygens (including phenoxy) is 2. The summed E-state index contributed by atoms with van der Waals surface area (Å²) in [5.41, 5.74) is 0.731. The molecule has 2 heterocycles. The van der Waals surface area contributed by atoms with E-state index in [9.17, 15) is 14.4 Å². The molecule has 1 unspecified atom stereocenters. The number of anilines is 4. The number of fused-ring (bicyclic) bond motifs is 1. The Bertz CT molecular complexity index is 1220. The van der Waals surface area contributed by atoms with Gasteiger partial charge in [0, 0.05) is 23.9 Å². The summed E-state index contributed by atoms with van der Waals surface area (Å²) in [4.78, 5) is 44.9. The number of amides is 2. The van der Waals surface area contributed by atoms with E-state index < -0.39 is 23.3 Å². The number of hydrogen-bond donors (Lipinski definition) is 4. The highest BCUT2D eigenvalue weighted by atomic mass is 16.5. The molecule has 164 valence electrons. The van der Waals surface area contributed by atoms with Gasteiger partial charge in [-0.05, 0) is 36.4 Å². The fraction of sp³-hybridized carbons (Fsp3) is 0.182. The zero-order valence-electron chi connectivity index (χ0n) is 17.4. The molecule has 1 aliphatic rings. The van der Waals surface area contributed by atoms with Gasteiger partial charge in [-0.3, -0.25) is 19.4 Å². The molecule has 0 saturated heterocycles. The Hall–Kier alpha value is -4.34. The molecule has 0 fully saturated rings. The second-order valence-electron chi connectivity index (χ2n) is 7.06. The molecule has 10 heteroatoms. The molecule has 0 bridgehead atoms. The summed E-state index contributed by atoms with van der Waals surface area (Å²) in [5.74, 6) is -0.455. The van der Waals surface area contributed by atoms with Gasteiger partial charge in [0.2, 0.25) is 17.8 Å². The van der Waals surface area contributed by atoms with Gasteiger partial charge in [0.25, 0.3) is 5.56 Å². The maximum absolute atomic E-state index is 12.9. The highest BCUT2D eigenvalue weighted by molar-refractivity contribution is 6.04. The second kappa shape index (κ2) is 8.80. The predicted molar refractivity (Wildman–Crippen MR) is 119 cm³/mol. The van der Waals surface area contributed by atoms with Crippen LogP contribution in [0.5, 0.6) is 11.5 Å². The summed E-state index contributed by atoms with van der Waals surface area (Å²) in [6.45, 7) is 0. The number of carbonyl (C=O) groups excluding carboxylic acids is 2. The maximum Gasteiger partial charge on any atom is 0.258 e. The highest BCUT2D eigenvalue weighted by Gasteiger charge is 2.34. The van der Waals surface area contributed by atoms with Crippen LogP contribution < -0.4 is 31.0 Å². The number of hydrogen-bond acceptors (Lipinski definition) is 7. The van der Waals surface area contributed by atoms with Crippen LogP contribution in [0, 0.1) is 0 Å². The smallest absolute Gasteiger partial charge is 0.258 e. The summed E-state index contributed by atoms with van der Waals surface area (Å²) < 4.78 is 10.3. The molecule has 0 spiro atoms. The first kappa shape index (κ1) is 20.9. The van der Waals surface area contributed by atoms with E-state index in [1.54, 1.807) is 55.6 Å². The normalized spacial score (nSPS) is 14.7. The molecular weight excluding hydrogens is 414 g/mol. The van der Waals surface area contributed by atoms with E-state index in [0.29, 0.717) is 22.9 Å². The van der Waals surface area contributed by atoms with E-state index >= 15 is 0 Å². The largest absolute Gasteiger partial charge is 0.497 e. The zero-order valence-corrected chi connectivity index (χ0v) is 17.4. The van der Waals surface area contributed by atoms with Crippen molar-refractivity contribution in [1.82, 2.24) is 9.97 Å². The van der Waals surface area contributed by atoms with Crippen molar-refractivity contribution in [3.8, 4) is 11.5 Å². The van der Waals surface area contributed by atoms with Crippen LogP contribution in [0.25, 0.3) is 0 Å². The van der Waals surface area contributed by atoms with Gasteiger partial charge in [-0.1, -0.05) is 6.07 Å². The summed E-state index contributed by atoms with van der Waals surface area (Å²) in [6.07, 6.45) is -0.168. The van der Waals surface area contributed by atoms with Crippen LogP contribution in [0.15, 0.2) is 53.3 Å². The van der Waals surface area contributed by atoms with Crippen molar-refractivity contribution < 1.29 is 19.1 Å². The van der Waals surface area contributed by atoms with Crippen LogP contribution in [0.1, 0.15) is 17.9 Å². The predicted octanol–water partition coefficient (Wildman–Crippen LogP) is 2.60. The van der Waals surface area contributed by atoms with Gasteiger partial charge in [0.05, 0.1) is 25.7 Å². The van der Waals surface area contributed by atoms with E-state index in [0.717, 1.165) is 0 Å². The molecule has 32 heavy (non-hydrogen) atoms. The highest BCUT2D eigenvalue weighted by Crippen LogP contribution is 2.30. The van der Waals surface area contributed by atoms with Crippen LogP contribution in [0.4, 0.5) is 23.1 Å². The fourth-order valence-corrected chi connectivity index (χ4v) is 3.40. The second-order valence-corrected chi connectivity index (χ2v) is 7.06. The molecule has 10 nitrogen and oxygen atoms in total. The molecule has 0 radical (unpaired) electrons. The number of aromatic amines is 1. The monoisotopic (exact) mass is 435 g/mol. The van der Waals surface area contributed by atoms with Crippen molar-refractivity contribution in [2.45, 2.75) is 12.3 Å². The van der Waals surface area contributed by atoms with Gasteiger partial charge >= 0.3 is 0 Å². The number of methoxy groups -OCH3 is 2. The van der Waals surface area contributed by atoms with Crippen LogP contribution in [-0.4, -0.2) is 36.0 Å². The van der Waals surface area contributed by atoms with Gasteiger partial charge in [0.1, 0.15) is 17.3 Å². The Morgan fingerprint density at radius 2 is 1.78 bits per heavy atom. The molecule has 1 aromatic heterocycles. The van der Waals surface area contributed by atoms with Crippen LogP contribution in [0.3, 0.4) is 0 Å². The number of nitrogens with zero attached hydrogens (tertiary/aromatic N) is 1. The molecule has 2 amide bonds. The number of rotatable bonds is 6. The molecular formula is C22H21N5O5. The lowest BCUT2D eigenvalue weighted by Gasteiger charge is -2.23. The average Bonchev–Trinajstić information content (AvgIpc) is 2.79. The quantitative estimate of drug-likeness (QED) is 0.467. The third-order valence-corrected chi connectivity index (χ3v) is 4.96. The Morgan fingerprint density at radius 3 is 2.50 bits per heavy atom. The van der Waals surface area contributed by atoms with Crippen molar-refractivity contribution in [2.75, 3.05) is 30.2 Å². The van der Waals surface area contributed by atoms with E-state index in [2.05, 4.69) is 25.9 Å². The molecule has 1 atom stereocenters. The van der Waals surface area contributed by atoms with E-state index in [1.165, 1.54) is 7.11 Å². The topological polar surface area (TPSA) is 134 Å². The minimum absolute atomic E-state index is 0.0480. The maximum atomic E-state index is 12.9. The first-order chi connectivity index (χ1) is 15.5. The molecule has 4 rings (SSSR count). The SMILES string of the molecule is COc1ccc(Nc2nc3c(c(=O)[nH]2)C(C(=O)Nc2cccc(OC)c2)CC(=O)N3)cc1. The van der Waals surface area contributed by atoms with E-state index in [1.807, 2.05) is 0 Å². The Morgan fingerprint density at radius 1 is 1.03 bits per heavy atom. The van der Waals surface area contributed by atoms with E-state index in [-0.39, 0.29) is 23.8 Å². The molecule has 1 aliphatic heterocycles. The van der Waals surface area contributed by atoms with Crippen molar-refractivity contribution in [3.63, 3.8) is 0 Å². The van der Waals surface area contributed by atoms with Crippen LogP contribution in [0.2, 0.25) is 0 Å². The van der Waals surface area contributed by atoms with Gasteiger partial charge in [-0.2, -0.15) is 4.98 Å². The van der Waals surface area contributed by atoms with E-state index in [4.69, 9.17) is 9.47 Å². The first-order valence-electron chi connectivity index (χ1n) is 9.77. The van der Waals surface area contributed by atoms with Gasteiger partial charge < -0.3 is 25.4 Å². The van der Waals surface area contributed by atoms with Gasteiger partial charge in [-0.25, -0.2) is 0 Å². The number of carbonyl (C=O) groups is 2. The molecule has 3 aromatic rings. The number of nitrogens with one attached hydrogen (secondary N) is 4. The summed E-state index contributed by atoms with van der Waals surface area (Å²) in [7, 11) is 3.08.